The molecule has 8 nitrogen and oxygen atoms in total. The van der Waals surface area contributed by atoms with Crippen LogP contribution in [0.4, 0.5) is 0 Å². The van der Waals surface area contributed by atoms with Crippen molar-refractivity contribution in [3.05, 3.63) is 30.4 Å². The molecule has 0 bridgehead atoms. The second-order valence-electron chi connectivity index (χ2n) is 3.17. The second kappa shape index (κ2) is 4.47. The van der Waals surface area contributed by atoms with Crippen molar-refractivity contribution in [3.8, 4) is 11.8 Å². The fourth-order valence-electron chi connectivity index (χ4n) is 1.12. The highest BCUT2D eigenvalue weighted by molar-refractivity contribution is 5.95. The molecule has 2 aromatic rings. The fraction of sp³-hybridized carbons (Fsp3) is 0.111. The van der Waals surface area contributed by atoms with E-state index >= 15 is 0 Å². The molecule has 88 valence electrons. The highest BCUT2D eigenvalue weighted by atomic mass is 16.5. The van der Waals surface area contributed by atoms with E-state index in [1.807, 2.05) is 0 Å². The molecule has 0 fully saturated rings. The van der Waals surface area contributed by atoms with E-state index in [1.54, 1.807) is 19.2 Å². The summed E-state index contributed by atoms with van der Waals surface area (Å²) in [6.07, 6.45) is 2.96. The topological polar surface area (TPSA) is 111 Å². The van der Waals surface area contributed by atoms with Gasteiger partial charge in [-0.15, -0.1) is 5.10 Å². The van der Waals surface area contributed by atoms with Crippen LogP contribution in [-0.4, -0.2) is 30.8 Å². The van der Waals surface area contributed by atoms with Crippen LogP contribution < -0.4 is 10.5 Å². The molecule has 0 amide bonds. The zero-order chi connectivity index (χ0) is 12.3. The number of oxime groups is 1. The summed E-state index contributed by atoms with van der Waals surface area (Å²) in [5.74, 6) is 0.401. The Hall–Kier alpha value is -2.64. The van der Waals surface area contributed by atoms with Crippen LogP contribution in [0.1, 0.15) is 5.69 Å². The summed E-state index contributed by atoms with van der Waals surface area (Å²) in [4.78, 5) is 7.85. The number of hydrogen-bond acceptors (Lipinski definition) is 6. The van der Waals surface area contributed by atoms with Gasteiger partial charge in [0, 0.05) is 7.05 Å². The summed E-state index contributed by atoms with van der Waals surface area (Å²) in [5, 5.41) is 15.3. The van der Waals surface area contributed by atoms with Gasteiger partial charge in [-0.05, 0) is 12.1 Å². The smallest absolute Gasteiger partial charge is 0.341 e. The first-order valence-electron chi connectivity index (χ1n) is 4.66. The molecule has 0 saturated heterocycles. The molecule has 0 aliphatic carbocycles. The highest BCUT2D eigenvalue weighted by Gasteiger charge is 2.04. The summed E-state index contributed by atoms with van der Waals surface area (Å²) in [7, 11) is 1.74. The monoisotopic (exact) mass is 234 g/mol. The van der Waals surface area contributed by atoms with E-state index in [4.69, 9.17) is 15.7 Å². The Morgan fingerprint density at radius 2 is 2.29 bits per heavy atom. The van der Waals surface area contributed by atoms with Gasteiger partial charge in [-0.1, -0.05) is 5.16 Å². The van der Waals surface area contributed by atoms with Crippen molar-refractivity contribution in [3.63, 3.8) is 0 Å². The minimum absolute atomic E-state index is 0.0625. The number of amidine groups is 1. The van der Waals surface area contributed by atoms with Gasteiger partial charge in [0.15, 0.2) is 5.84 Å². The van der Waals surface area contributed by atoms with Crippen LogP contribution in [0, 0.1) is 0 Å². The van der Waals surface area contributed by atoms with Crippen molar-refractivity contribution < 1.29 is 9.94 Å². The van der Waals surface area contributed by atoms with Gasteiger partial charge in [0.05, 0.1) is 6.20 Å². The number of nitrogens with zero attached hydrogens (tertiary/aromatic N) is 5. The molecule has 0 unspecified atom stereocenters. The average molecular weight is 234 g/mol. The summed E-state index contributed by atoms with van der Waals surface area (Å²) < 4.78 is 6.84. The number of rotatable bonds is 3. The molecule has 0 atom stereocenters. The maximum atomic E-state index is 8.46. The molecule has 2 aromatic heterocycles. The number of aryl methyl sites for hydroxylation is 1. The molecule has 2 heterocycles. The lowest BCUT2D eigenvalue weighted by Crippen LogP contribution is -2.14. The first kappa shape index (κ1) is 10.9. The molecule has 2 rings (SSSR count). The Bertz CT molecular complexity index is 533. The van der Waals surface area contributed by atoms with Gasteiger partial charge in [0.1, 0.15) is 17.8 Å². The number of pyridine rings is 1. The minimum atomic E-state index is -0.0625. The van der Waals surface area contributed by atoms with E-state index in [0.717, 1.165) is 0 Å². The molecule has 0 spiro atoms. The van der Waals surface area contributed by atoms with E-state index in [0.29, 0.717) is 11.4 Å². The van der Waals surface area contributed by atoms with Crippen LogP contribution >= 0.6 is 0 Å². The van der Waals surface area contributed by atoms with E-state index in [9.17, 15) is 0 Å². The van der Waals surface area contributed by atoms with E-state index in [-0.39, 0.29) is 11.8 Å². The van der Waals surface area contributed by atoms with Gasteiger partial charge in [0.25, 0.3) is 0 Å². The van der Waals surface area contributed by atoms with Crippen LogP contribution in [0.25, 0.3) is 0 Å². The zero-order valence-corrected chi connectivity index (χ0v) is 8.98. The van der Waals surface area contributed by atoms with Crippen LogP contribution in [0.15, 0.2) is 29.8 Å². The van der Waals surface area contributed by atoms with Crippen molar-refractivity contribution in [1.82, 2.24) is 19.7 Å². The predicted molar refractivity (Wildman–Crippen MR) is 57.8 cm³/mol. The molecule has 8 heteroatoms. The molecule has 0 aliphatic rings. The quantitative estimate of drug-likeness (QED) is 0.337. The van der Waals surface area contributed by atoms with Crippen molar-refractivity contribution >= 4 is 5.84 Å². The third kappa shape index (κ3) is 2.48. The lowest BCUT2D eigenvalue weighted by molar-refractivity contribution is 0.318. The lowest BCUT2D eigenvalue weighted by atomic mass is 10.3. The molecule has 17 heavy (non-hydrogen) atoms. The Morgan fingerprint density at radius 1 is 1.47 bits per heavy atom. The number of hydrogen-bond donors (Lipinski definition) is 2. The predicted octanol–water partition coefficient (Wildman–Crippen LogP) is 0.0969. The first-order valence-corrected chi connectivity index (χ1v) is 4.66. The summed E-state index contributed by atoms with van der Waals surface area (Å²) in [5.41, 5.74) is 5.72. The van der Waals surface area contributed by atoms with Gasteiger partial charge in [-0.25, -0.2) is 4.98 Å². The molecule has 0 aliphatic heterocycles. The van der Waals surface area contributed by atoms with Crippen molar-refractivity contribution in [2.24, 2.45) is 17.9 Å². The average Bonchev–Trinajstić information content (AvgIpc) is 2.75. The Morgan fingerprint density at radius 3 is 2.82 bits per heavy atom. The van der Waals surface area contributed by atoms with Crippen LogP contribution in [0.3, 0.4) is 0 Å². The number of nitrogens with two attached hydrogens (primary N) is 1. The third-order valence-corrected chi connectivity index (χ3v) is 1.89. The maximum absolute atomic E-state index is 8.46. The first-order chi connectivity index (χ1) is 8.19. The fourth-order valence-corrected chi connectivity index (χ4v) is 1.12. The Kier molecular flexibility index (Phi) is 2.86. The normalized spacial score (nSPS) is 11.5. The number of aromatic nitrogens is 4. The van der Waals surface area contributed by atoms with Gasteiger partial charge in [-0.3, -0.25) is 4.68 Å². The SMILES string of the molecule is Cn1cnc(Oc2ccc(/C(N)=N/O)nc2)n1. The molecular weight excluding hydrogens is 224 g/mol. The van der Waals surface area contributed by atoms with E-state index < -0.39 is 0 Å². The van der Waals surface area contributed by atoms with Gasteiger partial charge >= 0.3 is 6.01 Å². The van der Waals surface area contributed by atoms with Gasteiger partial charge in [-0.2, -0.15) is 4.98 Å². The number of ether oxygens (including phenoxy) is 1. The highest BCUT2D eigenvalue weighted by Crippen LogP contribution is 2.15. The van der Waals surface area contributed by atoms with Crippen LogP contribution in [0.2, 0.25) is 0 Å². The largest absolute Gasteiger partial charge is 0.422 e. The second-order valence-corrected chi connectivity index (χ2v) is 3.17. The Balaban J connectivity index is 2.13. The zero-order valence-electron chi connectivity index (χ0n) is 8.98. The van der Waals surface area contributed by atoms with E-state index in [1.165, 1.54) is 17.2 Å². The van der Waals surface area contributed by atoms with Crippen molar-refractivity contribution in [2.45, 2.75) is 0 Å². The van der Waals surface area contributed by atoms with Crippen LogP contribution in [0.5, 0.6) is 11.8 Å². The molecule has 3 N–H and O–H groups in total. The lowest BCUT2D eigenvalue weighted by Gasteiger charge is -2.01. The standard InChI is InChI=1S/C9H10N6O2/c1-15-5-12-9(13-15)17-6-2-3-7(11-4-6)8(10)14-16/h2-5,16H,1H3,(H2,10,14). The minimum Gasteiger partial charge on any atom is -0.422 e. The molecule has 0 radical (unpaired) electrons. The van der Waals surface area contributed by atoms with Gasteiger partial charge < -0.3 is 15.7 Å². The van der Waals surface area contributed by atoms with Crippen LogP contribution in [-0.2, 0) is 7.05 Å². The molecular formula is C9H10N6O2. The van der Waals surface area contributed by atoms with E-state index in [2.05, 4.69) is 20.2 Å². The maximum Gasteiger partial charge on any atom is 0.341 e. The summed E-state index contributed by atoms with van der Waals surface area (Å²) in [6.45, 7) is 0. The van der Waals surface area contributed by atoms with Crippen molar-refractivity contribution in [2.75, 3.05) is 0 Å². The molecule has 0 saturated carbocycles. The van der Waals surface area contributed by atoms with Crippen molar-refractivity contribution in [1.29, 1.82) is 0 Å². The summed E-state index contributed by atoms with van der Waals surface area (Å²) in [6, 6.07) is 3.41. The summed E-state index contributed by atoms with van der Waals surface area (Å²) >= 11 is 0. The van der Waals surface area contributed by atoms with Gasteiger partial charge in [0.2, 0.25) is 0 Å². The Labute approximate surface area is 96.4 Å². The molecule has 0 aromatic carbocycles. The third-order valence-electron chi connectivity index (χ3n) is 1.89.